The van der Waals surface area contributed by atoms with Gasteiger partial charge in [-0.3, -0.25) is 27.2 Å². The third-order valence-electron chi connectivity index (χ3n) is 0.637. The van der Waals surface area contributed by atoms with E-state index in [9.17, 15) is 0 Å². The average molecular weight is 257 g/mol. The maximum Gasteiger partial charge on any atom is 0.0943 e. The zero-order valence-electron chi connectivity index (χ0n) is 7.90. The van der Waals surface area contributed by atoms with Crippen molar-refractivity contribution < 1.29 is 36.0 Å². The van der Waals surface area contributed by atoms with Crippen LogP contribution in [0.1, 0.15) is 0 Å². The van der Waals surface area contributed by atoms with Crippen LogP contribution in [-0.4, -0.2) is 36.7 Å². The molecule has 15 heavy (non-hydrogen) atoms. The molecule has 0 aliphatic heterocycles. The summed E-state index contributed by atoms with van der Waals surface area (Å²) < 4.78 is 1.89. The second-order valence-electron chi connectivity index (χ2n) is 1.23. The largest absolute Gasteiger partial charge is 0.545 e. The second-order valence-corrected chi connectivity index (χ2v) is 1.23. The van der Waals surface area contributed by atoms with Crippen molar-refractivity contribution in [3.05, 3.63) is 18.7 Å². The average Bonchev–Trinajstić information content (AvgIpc) is 2.80. The molecule has 1 aromatic rings. The molecule has 0 atom stereocenters. The molecule has 0 fully saturated rings. The molecule has 0 aromatic carbocycles. The Hall–Kier alpha value is -1.60. The molecule has 1 heterocycles. The summed E-state index contributed by atoms with van der Waals surface area (Å²) in [6, 6.07) is 0. The minimum Gasteiger partial charge on any atom is -0.545 e. The van der Waals surface area contributed by atoms with Crippen LogP contribution in [0.15, 0.2) is 18.7 Å². The third-order valence-corrected chi connectivity index (χ3v) is 0.637. The first-order chi connectivity index (χ1) is 6.89. The van der Waals surface area contributed by atoms with Crippen molar-refractivity contribution >= 4 is 27.2 Å². The quantitative estimate of drug-likeness (QED) is 0.454. The number of hydrogen-bond acceptors (Lipinski definition) is 5. The van der Waals surface area contributed by atoms with Gasteiger partial charge in [0.2, 0.25) is 0 Å². The summed E-state index contributed by atoms with van der Waals surface area (Å²) >= 11 is 0. The Morgan fingerprint density at radius 3 is 1.33 bits per heavy atom. The van der Waals surface area contributed by atoms with E-state index in [0.29, 0.717) is 0 Å². The van der Waals surface area contributed by atoms with E-state index in [1.165, 1.54) is 0 Å². The monoisotopic (exact) mass is 257 g/mol. The Bertz CT molecular complexity index is 165. The molecule has 0 aliphatic carbocycles. The van der Waals surface area contributed by atoms with Crippen LogP contribution in [0.4, 0.5) is 0 Å². The molecular formula is C8H10CoN2O4-4. The standard InChI is InChI=1S/C4H6N2.4CHO.Co/c1-6-3-2-5-4-6;4*1-2;/h2-4H,1H3;4*1H;/q;4*-1;. The van der Waals surface area contributed by atoms with Crippen molar-refractivity contribution in [2.45, 2.75) is 0 Å². The fourth-order valence-corrected chi connectivity index (χ4v) is 0.326. The summed E-state index contributed by atoms with van der Waals surface area (Å²) in [5.41, 5.74) is 0. The van der Waals surface area contributed by atoms with Crippen LogP contribution in [-0.2, 0) is 43.0 Å². The number of nitrogens with zero attached hydrogens (tertiary/aromatic N) is 2. The van der Waals surface area contributed by atoms with E-state index in [1.54, 1.807) is 12.5 Å². The van der Waals surface area contributed by atoms with Crippen LogP contribution >= 0.6 is 0 Å². The number of carbonyl (C=O) groups excluding carboxylic acids is 4. The van der Waals surface area contributed by atoms with Crippen molar-refractivity contribution in [2.75, 3.05) is 0 Å². The molecule has 0 N–H and O–H groups in total. The van der Waals surface area contributed by atoms with Crippen LogP contribution in [0.3, 0.4) is 0 Å². The van der Waals surface area contributed by atoms with Crippen molar-refractivity contribution in [1.29, 1.82) is 0 Å². The van der Waals surface area contributed by atoms with Gasteiger partial charge in [-0.1, -0.05) is 0 Å². The van der Waals surface area contributed by atoms with Gasteiger partial charge >= 0.3 is 0 Å². The van der Waals surface area contributed by atoms with E-state index in [0.717, 1.165) is 0 Å². The first kappa shape index (κ1) is 29.2. The first-order valence-electron chi connectivity index (χ1n) is 2.76. The van der Waals surface area contributed by atoms with Gasteiger partial charge in [0.15, 0.2) is 0 Å². The fourth-order valence-electron chi connectivity index (χ4n) is 0.326. The van der Waals surface area contributed by atoms with Crippen LogP contribution in [0.2, 0.25) is 0 Å². The Labute approximate surface area is 98.9 Å². The minimum absolute atomic E-state index is 0. The van der Waals surface area contributed by atoms with E-state index in [1.807, 2.05) is 17.8 Å². The fraction of sp³-hybridized carbons (Fsp3) is 0.125. The van der Waals surface area contributed by atoms with Crippen LogP contribution in [0, 0.1) is 0 Å². The van der Waals surface area contributed by atoms with Crippen molar-refractivity contribution in [1.82, 2.24) is 9.55 Å². The molecule has 0 unspecified atom stereocenters. The normalized spacial score (nSPS) is 4.60. The zero-order chi connectivity index (χ0) is 12.4. The van der Waals surface area contributed by atoms with Gasteiger partial charge in [0.05, 0.1) is 6.33 Å². The number of rotatable bonds is 0. The summed E-state index contributed by atoms with van der Waals surface area (Å²) in [6.07, 6.45) is 5.39. The van der Waals surface area contributed by atoms with E-state index >= 15 is 0 Å². The molecular weight excluding hydrogens is 247 g/mol. The Kier molecular flexibility index (Phi) is 108. The zero-order valence-corrected chi connectivity index (χ0v) is 8.94. The summed E-state index contributed by atoms with van der Waals surface area (Å²) in [5, 5.41) is 0. The van der Waals surface area contributed by atoms with Gasteiger partial charge in [0.1, 0.15) is 0 Å². The van der Waals surface area contributed by atoms with Crippen LogP contribution in [0.5, 0.6) is 0 Å². The van der Waals surface area contributed by atoms with E-state index in [4.69, 9.17) is 19.2 Å². The minimum atomic E-state index is 0. The summed E-state index contributed by atoms with van der Waals surface area (Å²) in [5.74, 6) is 0. The Morgan fingerprint density at radius 2 is 1.27 bits per heavy atom. The van der Waals surface area contributed by atoms with Gasteiger partial charge in [-0.15, -0.1) is 0 Å². The molecule has 0 aliphatic rings. The molecule has 1 radical (unpaired) electrons. The van der Waals surface area contributed by atoms with Crippen LogP contribution in [0.25, 0.3) is 0 Å². The topological polar surface area (TPSA) is 86.1 Å². The summed E-state index contributed by atoms with van der Waals surface area (Å²) in [7, 11) is 1.94. The van der Waals surface area contributed by atoms with Gasteiger partial charge in [-0.2, -0.15) is 0 Å². The predicted octanol–water partition coefficient (Wildman–Crippen LogP) is -0.679. The van der Waals surface area contributed by atoms with Crippen LogP contribution < -0.4 is 0 Å². The number of imidazole rings is 1. The number of aryl methyl sites for hydroxylation is 1. The smallest absolute Gasteiger partial charge is 0.0943 e. The third kappa shape index (κ3) is 46.0. The molecule has 0 spiro atoms. The van der Waals surface area contributed by atoms with E-state index < -0.39 is 0 Å². The molecule has 0 bridgehead atoms. The number of hydrogen-bond donors (Lipinski definition) is 0. The molecule has 7 heteroatoms. The molecule has 0 amide bonds. The van der Waals surface area contributed by atoms with Crippen molar-refractivity contribution in [2.24, 2.45) is 7.05 Å². The van der Waals surface area contributed by atoms with Gasteiger partial charge in [-0.25, -0.2) is 4.98 Å². The van der Waals surface area contributed by atoms with Crippen molar-refractivity contribution in [3.63, 3.8) is 0 Å². The Morgan fingerprint density at radius 1 is 0.933 bits per heavy atom. The molecule has 6 nitrogen and oxygen atoms in total. The molecule has 0 saturated heterocycles. The van der Waals surface area contributed by atoms with E-state index in [-0.39, 0.29) is 16.8 Å². The van der Waals surface area contributed by atoms with Gasteiger partial charge in [-0.05, 0) is 0 Å². The van der Waals surface area contributed by atoms with Crippen molar-refractivity contribution in [3.8, 4) is 0 Å². The maximum absolute atomic E-state index is 7.75. The SMILES string of the molecule is Cn1ccnc1.[CH-]=O.[CH-]=O.[CH-]=O.[CH-]=O.[Co]. The van der Waals surface area contributed by atoms with Gasteiger partial charge in [0.25, 0.3) is 0 Å². The van der Waals surface area contributed by atoms with Gasteiger partial charge in [0, 0.05) is 36.2 Å². The molecule has 1 aromatic heterocycles. The van der Waals surface area contributed by atoms with Gasteiger partial charge < -0.3 is 23.7 Å². The number of aromatic nitrogens is 2. The second kappa shape index (κ2) is 55.3. The predicted molar refractivity (Wildman–Crippen MR) is 50.2 cm³/mol. The molecule has 0 saturated carbocycles. The maximum atomic E-state index is 7.75. The Balaban J connectivity index is -0.0000000325. The summed E-state index contributed by atoms with van der Waals surface area (Å²) in [4.78, 5) is 34.8. The molecule has 1 rings (SSSR count). The molecule has 89 valence electrons. The van der Waals surface area contributed by atoms with E-state index in [2.05, 4.69) is 32.1 Å². The first-order valence-corrected chi connectivity index (χ1v) is 2.76. The summed E-state index contributed by atoms with van der Waals surface area (Å²) in [6.45, 7) is 13.0.